The minimum absolute atomic E-state index is 0.0195. The molecule has 0 spiro atoms. The standard InChI is InChI=1S/C44H38N6O11/c1-24(22-25-4-15-31(51)16-5-25)39(53)46-29-11-6-27(7-12-29)41(55)50-35(20-21-45)43(57)47-30-13-8-26(9-14-30)40(54)49-34-19-17-32(37(52)38(34)61-3)42(56)48-33-18-10-28(44(58)59)23-36(33)60-2/h4-19,22-23,35,51-52H,20H2,1-3H3,(H,46,53)(H,47,57)(H,48,56)(H,49,54)(H,50,55)(H,58,59). The Morgan fingerprint density at radius 3 is 1.85 bits per heavy atom. The number of anilines is 4. The molecule has 0 radical (unpaired) electrons. The first-order valence-electron chi connectivity index (χ1n) is 18.1. The van der Waals surface area contributed by atoms with Crippen LogP contribution in [0.4, 0.5) is 22.7 Å². The Balaban J connectivity index is 1.17. The molecule has 0 bridgehead atoms. The molecular formula is C44H38N6O11. The second-order valence-corrected chi connectivity index (χ2v) is 13.1. The highest BCUT2D eigenvalue weighted by Gasteiger charge is 2.24. The Bertz CT molecular complexity index is 2570. The van der Waals surface area contributed by atoms with E-state index in [9.17, 15) is 49.3 Å². The fraction of sp³-hybridized carbons (Fsp3) is 0.114. The molecule has 0 fully saturated rings. The molecule has 0 aliphatic carbocycles. The number of carboxylic acids is 1. The van der Waals surface area contributed by atoms with Crippen molar-refractivity contribution in [3.63, 3.8) is 0 Å². The number of ether oxygens (including phenoxy) is 2. The molecule has 0 saturated carbocycles. The molecule has 8 N–H and O–H groups in total. The van der Waals surface area contributed by atoms with Gasteiger partial charge in [-0.25, -0.2) is 4.79 Å². The van der Waals surface area contributed by atoms with Gasteiger partial charge in [-0.05, 0) is 110 Å². The van der Waals surface area contributed by atoms with Crippen LogP contribution in [0.2, 0.25) is 0 Å². The van der Waals surface area contributed by atoms with Crippen molar-refractivity contribution in [1.82, 2.24) is 5.32 Å². The van der Waals surface area contributed by atoms with Gasteiger partial charge in [0, 0.05) is 28.1 Å². The van der Waals surface area contributed by atoms with Gasteiger partial charge >= 0.3 is 5.97 Å². The number of amides is 5. The largest absolute Gasteiger partial charge is 0.508 e. The summed E-state index contributed by atoms with van der Waals surface area (Å²) in [6.07, 6.45) is 1.29. The van der Waals surface area contributed by atoms with Crippen LogP contribution >= 0.6 is 0 Å². The highest BCUT2D eigenvalue weighted by molar-refractivity contribution is 6.10. The van der Waals surface area contributed by atoms with E-state index in [1.165, 1.54) is 105 Å². The van der Waals surface area contributed by atoms with Crippen LogP contribution in [0.3, 0.4) is 0 Å². The number of rotatable bonds is 15. The van der Waals surface area contributed by atoms with E-state index in [1.807, 2.05) is 6.07 Å². The lowest BCUT2D eigenvalue weighted by Gasteiger charge is -2.17. The van der Waals surface area contributed by atoms with Crippen molar-refractivity contribution in [2.45, 2.75) is 19.4 Å². The van der Waals surface area contributed by atoms with Gasteiger partial charge in [0.25, 0.3) is 23.6 Å². The number of nitriles is 1. The zero-order valence-corrected chi connectivity index (χ0v) is 32.7. The van der Waals surface area contributed by atoms with Gasteiger partial charge in [-0.3, -0.25) is 24.0 Å². The van der Waals surface area contributed by atoms with Crippen molar-refractivity contribution in [2.24, 2.45) is 0 Å². The third-order valence-electron chi connectivity index (χ3n) is 8.90. The van der Waals surface area contributed by atoms with Gasteiger partial charge in [-0.1, -0.05) is 12.1 Å². The fourth-order valence-corrected chi connectivity index (χ4v) is 5.67. The molecule has 17 heteroatoms. The van der Waals surface area contributed by atoms with Gasteiger partial charge in [-0.2, -0.15) is 5.26 Å². The minimum Gasteiger partial charge on any atom is -0.508 e. The van der Waals surface area contributed by atoms with E-state index in [1.54, 1.807) is 25.1 Å². The van der Waals surface area contributed by atoms with Crippen molar-refractivity contribution < 1.29 is 53.6 Å². The third kappa shape index (κ3) is 11.1. The smallest absolute Gasteiger partial charge is 0.335 e. The summed E-state index contributed by atoms with van der Waals surface area (Å²) in [4.78, 5) is 76.4. The van der Waals surface area contributed by atoms with Crippen LogP contribution in [0, 0.1) is 11.3 Å². The SMILES string of the molecule is COc1cc(C(=O)O)ccc1NC(=O)c1ccc(NC(=O)c2ccc(NC(=O)C(CC#N)NC(=O)c3ccc(NC(=O)C(C)=Cc4ccc(O)cc4)cc3)cc2)c(OC)c1O. The number of hydrogen-bond donors (Lipinski definition) is 8. The number of benzene rings is 5. The van der Waals surface area contributed by atoms with E-state index in [2.05, 4.69) is 26.6 Å². The molecule has 17 nitrogen and oxygen atoms in total. The minimum atomic E-state index is -1.25. The number of phenolic OH excluding ortho intramolecular Hbond substituents is 2. The second-order valence-electron chi connectivity index (χ2n) is 13.1. The first kappa shape index (κ1) is 43.5. The third-order valence-corrected chi connectivity index (χ3v) is 8.90. The number of methoxy groups -OCH3 is 2. The Hall–Kier alpha value is -8.65. The number of nitrogens with zero attached hydrogens (tertiary/aromatic N) is 1. The van der Waals surface area contributed by atoms with Crippen molar-refractivity contribution in [1.29, 1.82) is 5.26 Å². The van der Waals surface area contributed by atoms with Crippen LogP contribution in [-0.2, 0) is 9.59 Å². The summed E-state index contributed by atoms with van der Waals surface area (Å²) in [5.74, 6) is -5.00. The number of carbonyl (C=O) groups is 6. The molecule has 0 aliphatic heterocycles. The normalized spacial score (nSPS) is 11.2. The molecule has 0 heterocycles. The molecule has 5 rings (SSSR count). The molecule has 0 saturated heterocycles. The lowest BCUT2D eigenvalue weighted by atomic mass is 10.1. The number of phenols is 2. The van der Waals surface area contributed by atoms with Gasteiger partial charge < -0.3 is 51.4 Å². The number of carboxylic acid groups (broad SMARTS) is 1. The highest BCUT2D eigenvalue weighted by Crippen LogP contribution is 2.38. The summed E-state index contributed by atoms with van der Waals surface area (Å²) in [6.45, 7) is 1.63. The van der Waals surface area contributed by atoms with Crippen LogP contribution in [0.1, 0.15) is 60.3 Å². The van der Waals surface area contributed by atoms with Gasteiger partial charge in [0.05, 0.1) is 49.2 Å². The van der Waals surface area contributed by atoms with Crippen molar-refractivity contribution >= 4 is 64.3 Å². The lowest BCUT2D eigenvalue weighted by Crippen LogP contribution is -2.43. The number of aromatic carboxylic acids is 1. The van der Waals surface area contributed by atoms with Crippen LogP contribution < -0.4 is 36.1 Å². The Labute approximate surface area is 348 Å². The summed E-state index contributed by atoms with van der Waals surface area (Å²) >= 11 is 0. The first-order chi connectivity index (χ1) is 29.2. The van der Waals surface area contributed by atoms with Crippen LogP contribution in [0.15, 0.2) is 109 Å². The summed E-state index contributed by atoms with van der Waals surface area (Å²) in [7, 11) is 2.52. The number of hydrogen-bond acceptors (Lipinski definition) is 11. The maximum atomic E-state index is 13.2. The van der Waals surface area contributed by atoms with Crippen molar-refractivity contribution in [2.75, 3.05) is 35.5 Å². The molecule has 0 aromatic heterocycles. The van der Waals surface area contributed by atoms with Crippen molar-refractivity contribution in [3.05, 3.63) is 137 Å². The second kappa shape index (κ2) is 19.7. The summed E-state index contributed by atoms with van der Waals surface area (Å²) < 4.78 is 10.5. The summed E-state index contributed by atoms with van der Waals surface area (Å²) in [6, 6.07) is 24.9. The lowest BCUT2D eigenvalue weighted by molar-refractivity contribution is -0.118. The molecule has 5 amide bonds. The quantitative estimate of drug-likeness (QED) is 0.0564. The summed E-state index contributed by atoms with van der Waals surface area (Å²) in [5.41, 5.74) is 1.92. The van der Waals surface area contributed by atoms with Gasteiger partial charge in [-0.15, -0.1) is 0 Å². The van der Waals surface area contributed by atoms with Crippen LogP contribution in [0.25, 0.3) is 6.08 Å². The van der Waals surface area contributed by atoms with E-state index < -0.39 is 41.4 Å². The number of aromatic hydroxyl groups is 2. The van der Waals surface area contributed by atoms with Crippen LogP contribution in [-0.4, -0.2) is 71.1 Å². The predicted molar refractivity (Wildman–Crippen MR) is 224 cm³/mol. The molecule has 310 valence electrons. The molecule has 5 aromatic carbocycles. The Morgan fingerprint density at radius 1 is 0.689 bits per heavy atom. The zero-order valence-electron chi connectivity index (χ0n) is 32.7. The first-order valence-corrected chi connectivity index (χ1v) is 18.1. The van der Waals surface area contributed by atoms with E-state index in [4.69, 9.17) is 9.47 Å². The van der Waals surface area contributed by atoms with Crippen molar-refractivity contribution in [3.8, 4) is 29.1 Å². The molecule has 1 unspecified atom stereocenters. The maximum Gasteiger partial charge on any atom is 0.335 e. The fourth-order valence-electron chi connectivity index (χ4n) is 5.67. The number of nitrogens with one attached hydrogen (secondary N) is 5. The monoisotopic (exact) mass is 826 g/mol. The van der Waals surface area contributed by atoms with E-state index >= 15 is 0 Å². The van der Waals surface area contributed by atoms with E-state index in [-0.39, 0.29) is 68.9 Å². The molecular weight excluding hydrogens is 789 g/mol. The highest BCUT2D eigenvalue weighted by atomic mass is 16.5. The van der Waals surface area contributed by atoms with E-state index in [0.29, 0.717) is 11.3 Å². The Kier molecular flexibility index (Phi) is 14.0. The Morgan fingerprint density at radius 2 is 1.26 bits per heavy atom. The summed E-state index contributed by atoms with van der Waals surface area (Å²) in [5, 5.41) is 52.0. The zero-order chi connectivity index (χ0) is 44.2. The van der Waals surface area contributed by atoms with Crippen LogP contribution in [0.5, 0.6) is 23.0 Å². The average Bonchev–Trinajstić information content (AvgIpc) is 3.24. The number of carbonyl (C=O) groups excluding carboxylic acids is 5. The predicted octanol–water partition coefficient (Wildman–Crippen LogP) is 6.01. The van der Waals surface area contributed by atoms with E-state index in [0.717, 1.165) is 5.56 Å². The van der Waals surface area contributed by atoms with Gasteiger partial charge in [0.15, 0.2) is 11.5 Å². The molecule has 61 heavy (non-hydrogen) atoms. The molecule has 1 atom stereocenters. The van der Waals surface area contributed by atoms with Gasteiger partial charge in [0.1, 0.15) is 17.5 Å². The average molecular weight is 827 g/mol. The topological polar surface area (TPSA) is 266 Å². The maximum absolute atomic E-state index is 13.2. The molecule has 5 aromatic rings. The molecule has 0 aliphatic rings. The van der Waals surface area contributed by atoms with Gasteiger partial charge in [0.2, 0.25) is 5.91 Å².